The Bertz CT molecular complexity index is 1040. The molecule has 33 heavy (non-hydrogen) atoms. The number of alkyl halides is 3. The lowest BCUT2D eigenvalue weighted by molar-refractivity contribution is -0.179. The lowest BCUT2D eigenvalue weighted by atomic mass is 9.85. The molecule has 2 aromatic rings. The number of Topliss-reactive ketones (excluding diaryl/α,β-unsaturated/α-hetero) is 1. The van der Waals surface area contributed by atoms with Gasteiger partial charge in [-0.1, -0.05) is 0 Å². The van der Waals surface area contributed by atoms with Crippen molar-refractivity contribution in [1.29, 1.82) is 5.26 Å². The number of carbonyl (C=O) groups is 1. The van der Waals surface area contributed by atoms with Gasteiger partial charge in [0.2, 0.25) is 0 Å². The van der Waals surface area contributed by atoms with Gasteiger partial charge >= 0.3 is 6.18 Å². The topological polar surface area (TPSA) is 76.4 Å². The number of anilines is 1. The number of rotatable bonds is 5. The number of halogens is 3. The molecule has 2 unspecified atom stereocenters. The first-order valence-electron chi connectivity index (χ1n) is 11.1. The molecule has 0 saturated carbocycles. The molecule has 0 aliphatic carbocycles. The van der Waals surface area contributed by atoms with Crippen LogP contribution in [0.15, 0.2) is 24.5 Å². The van der Waals surface area contributed by atoms with E-state index in [4.69, 9.17) is 0 Å². The molecule has 0 N–H and O–H groups in total. The third-order valence-electron chi connectivity index (χ3n) is 6.58. The van der Waals surface area contributed by atoms with E-state index >= 15 is 0 Å². The maximum absolute atomic E-state index is 13.8. The Labute approximate surface area is 190 Å². The van der Waals surface area contributed by atoms with Gasteiger partial charge in [-0.05, 0) is 31.5 Å². The predicted octanol–water partition coefficient (Wildman–Crippen LogP) is 2.71. The number of piperidine rings is 1. The average Bonchev–Trinajstić information content (AvgIpc) is 2.79. The summed E-state index contributed by atoms with van der Waals surface area (Å²) in [6.45, 7) is 3.76. The summed E-state index contributed by atoms with van der Waals surface area (Å²) in [6.07, 6.45) is -1.37. The van der Waals surface area contributed by atoms with Crippen molar-refractivity contribution in [3.63, 3.8) is 0 Å². The normalized spacial score (nSPS) is 22.9. The van der Waals surface area contributed by atoms with E-state index in [1.165, 1.54) is 12.4 Å². The number of nitrogens with zero attached hydrogens (tertiary/aromatic N) is 6. The van der Waals surface area contributed by atoms with E-state index in [2.05, 4.69) is 25.8 Å². The van der Waals surface area contributed by atoms with E-state index in [1.807, 2.05) is 7.05 Å². The second-order valence-electron chi connectivity index (χ2n) is 9.07. The molecule has 3 heterocycles. The summed E-state index contributed by atoms with van der Waals surface area (Å²) >= 11 is 0. The minimum atomic E-state index is -4.36. The number of carbonyl (C=O) groups excluding carboxylic acids is 1. The second kappa shape index (κ2) is 9.61. The van der Waals surface area contributed by atoms with Crippen LogP contribution in [0.25, 0.3) is 11.0 Å². The Balaban J connectivity index is 1.54. The molecule has 0 amide bonds. The maximum Gasteiger partial charge on any atom is 0.393 e. The lowest BCUT2D eigenvalue weighted by Crippen LogP contribution is -2.48. The molecule has 4 rings (SSSR count). The van der Waals surface area contributed by atoms with E-state index in [1.54, 1.807) is 17.0 Å². The Hall–Kier alpha value is -2.77. The van der Waals surface area contributed by atoms with Crippen LogP contribution in [0.4, 0.5) is 18.9 Å². The minimum Gasteiger partial charge on any atom is -0.369 e. The Morgan fingerprint density at radius 3 is 2.48 bits per heavy atom. The summed E-state index contributed by atoms with van der Waals surface area (Å²) in [5.74, 6) is -1.96. The van der Waals surface area contributed by atoms with Crippen LogP contribution in [-0.2, 0) is 4.79 Å². The van der Waals surface area contributed by atoms with Crippen LogP contribution < -0.4 is 4.90 Å². The first-order valence-corrected chi connectivity index (χ1v) is 11.1. The van der Waals surface area contributed by atoms with Gasteiger partial charge in [-0.2, -0.15) is 18.4 Å². The largest absolute Gasteiger partial charge is 0.393 e. The molecule has 2 atom stereocenters. The van der Waals surface area contributed by atoms with Crippen LogP contribution >= 0.6 is 0 Å². The number of piperazine rings is 1. The van der Waals surface area contributed by atoms with Crippen LogP contribution in [0, 0.1) is 23.2 Å². The Morgan fingerprint density at radius 1 is 1.12 bits per heavy atom. The lowest BCUT2D eigenvalue weighted by Gasteiger charge is -2.40. The predicted molar refractivity (Wildman–Crippen MR) is 118 cm³/mol. The highest BCUT2D eigenvalue weighted by Gasteiger charge is 2.45. The van der Waals surface area contributed by atoms with Crippen LogP contribution in [0.1, 0.15) is 18.4 Å². The highest BCUT2D eigenvalue weighted by Crippen LogP contribution is 2.39. The third-order valence-corrected chi connectivity index (χ3v) is 6.58. The van der Waals surface area contributed by atoms with Gasteiger partial charge in [0.05, 0.1) is 23.7 Å². The molecule has 0 bridgehead atoms. The van der Waals surface area contributed by atoms with Crippen molar-refractivity contribution in [1.82, 2.24) is 19.8 Å². The van der Waals surface area contributed by atoms with E-state index in [-0.39, 0.29) is 31.7 Å². The molecule has 2 aliphatic heterocycles. The number of hydrogen-bond donors (Lipinski definition) is 0. The number of hydrogen-bond acceptors (Lipinski definition) is 7. The molecule has 2 aliphatic rings. The van der Waals surface area contributed by atoms with Crippen molar-refractivity contribution in [2.45, 2.75) is 19.0 Å². The number of aromatic nitrogens is 2. The molecule has 1 aromatic heterocycles. The molecule has 0 spiro atoms. The van der Waals surface area contributed by atoms with Crippen LogP contribution in [0.5, 0.6) is 0 Å². The Kier molecular flexibility index (Phi) is 6.81. The molecule has 2 saturated heterocycles. The van der Waals surface area contributed by atoms with Gasteiger partial charge in [-0.3, -0.25) is 19.7 Å². The maximum atomic E-state index is 13.8. The van der Waals surface area contributed by atoms with Gasteiger partial charge in [-0.15, -0.1) is 0 Å². The van der Waals surface area contributed by atoms with E-state index < -0.39 is 18.0 Å². The fourth-order valence-electron chi connectivity index (χ4n) is 4.82. The van der Waals surface area contributed by atoms with Crippen molar-refractivity contribution >= 4 is 22.5 Å². The summed E-state index contributed by atoms with van der Waals surface area (Å²) in [7, 11) is 2.03. The molecule has 0 radical (unpaired) electrons. The fourth-order valence-corrected chi connectivity index (χ4v) is 4.82. The monoisotopic (exact) mass is 460 g/mol. The second-order valence-corrected chi connectivity index (χ2v) is 9.07. The molecule has 10 heteroatoms. The summed E-state index contributed by atoms with van der Waals surface area (Å²) in [5, 5.41) is 9.35. The summed E-state index contributed by atoms with van der Waals surface area (Å²) in [5.41, 5.74) is 1.61. The van der Waals surface area contributed by atoms with Crippen LogP contribution in [0.3, 0.4) is 0 Å². The summed E-state index contributed by atoms with van der Waals surface area (Å²) in [4.78, 5) is 27.2. The molecular formula is C23H27F3N6O. The van der Waals surface area contributed by atoms with Crippen molar-refractivity contribution in [2.24, 2.45) is 11.8 Å². The van der Waals surface area contributed by atoms with Gasteiger partial charge < -0.3 is 9.80 Å². The van der Waals surface area contributed by atoms with Gasteiger partial charge in [0.15, 0.2) is 0 Å². The number of nitriles is 1. The first-order chi connectivity index (χ1) is 15.7. The van der Waals surface area contributed by atoms with Crippen LogP contribution in [-0.4, -0.2) is 84.6 Å². The van der Waals surface area contributed by atoms with E-state index in [0.717, 1.165) is 26.2 Å². The van der Waals surface area contributed by atoms with Crippen molar-refractivity contribution in [2.75, 3.05) is 57.8 Å². The highest BCUT2D eigenvalue weighted by molar-refractivity contribution is 5.92. The average molecular weight is 461 g/mol. The molecule has 7 nitrogen and oxygen atoms in total. The quantitative estimate of drug-likeness (QED) is 0.679. The molecule has 2 fully saturated rings. The third kappa shape index (κ3) is 5.42. The van der Waals surface area contributed by atoms with Crippen molar-refractivity contribution in [3.05, 3.63) is 30.1 Å². The molecular weight excluding hydrogens is 433 g/mol. The highest BCUT2D eigenvalue weighted by atomic mass is 19.4. The number of ketones is 1. The van der Waals surface area contributed by atoms with Gasteiger partial charge in [0.1, 0.15) is 22.9 Å². The molecule has 176 valence electrons. The summed E-state index contributed by atoms with van der Waals surface area (Å²) in [6, 6.07) is 5.26. The van der Waals surface area contributed by atoms with E-state index in [9.17, 15) is 23.2 Å². The standard InChI is InChI=1S/C23H27F3N6O/c1-30-6-8-31(9-7-30)15-19(33)11-16-10-18(23(24,25)26)14-32(13-16)20-3-2-17(12-27)21-22(20)29-5-4-28-21/h2-5,16,18H,6-11,13-15H2,1H3. The van der Waals surface area contributed by atoms with Gasteiger partial charge in [0.25, 0.3) is 0 Å². The minimum absolute atomic E-state index is 0.0168. The zero-order valence-corrected chi connectivity index (χ0v) is 18.6. The fraction of sp³-hybridized carbons (Fsp3) is 0.565. The zero-order chi connectivity index (χ0) is 23.6. The zero-order valence-electron chi connectivity index (χ0n) is 18.6. The number of benzene rings is 1. The number of likely N-dealkylation sites (N-methyl/N-ethyl adjacent to an activating group) is 1. The Morgan fingerprint density at radius 2 is 1.82 bits per heavy atom. The van der Waals surface area contributed by atoms with Crippen molar-refractivity contribution in [3.8, 4) is 6.07 Å². The SMILES string of the molecule is CN1CCN(CC(=O)CC2CC(C(F)(F)F)CN(c3ccc(C#N)c4nccnc34)C2)CC1. The van der Waals surface area contributed by atoms with Crippen LogP contribution in [0.2, 0.25) is 0 Å². The van der Waals surface area contributed by atoms with Crippen molar-refractivity contribution < 1.29 is 18.0 Å². The van der Waals surface area contributed by atoms with Gasteiger partial charge in [0, 0.05) is 58.1 Å². The smallest absolute Gasteiger partial charge is 0.369 e. The van der Waals surface area contributed by atoms with Gasteiger partial charge in [-0.25, -0.2) is 0 Å². The molecule has 1 aromatic carbocycles. The first kappa shape index (κ1) is 23.4. The van der Waals surface area contributed by atoms with E-state index in [0.29, 0.717) is 28.8 Å². The summed E-state index contributed by atoms with van der Waals surface area (Å²) < 4.78 is 41.4. The number of fused-ring (bicyclic) bond motifs is 1.